The molecule has 3 aliphatic heterocycles. The number of hydrogen-bond acceptors (Lipinski definition) is 12. The van der Waals surface area contributed by atoms with Gasteiger partial charge in [-0.3, -0.25) is 19.4 Å². The van der Waals surface area contributed by atoms with Crippen LogP contribution in [0.3, 0.4) is 0 Å². The first kappa shape index (κ1) is 35.8. The van der Waals surface area contributed by atoms with Crippen molar-refractivity contribution in [3.05, 3.63) is 82.4 Å². The second-order valence-electron chi connectivity index (χ2n) is 11.7. The monoisotopic (exact) mass is 736 g/mol. The first-order valence-corrected chi connectivity index (χ1v) is 17.7. The summed E-state index contributed by atoms with van der Waals surface area (Å²) in [5, 5.41) is -0.276. The lowest BCUT2D eigenvalue weighted by atomic mass is 10.1. The minimum absolute atomic E-state index is 0.124. The summed E-state index contributed by atoms with van der Waals surface area (Å²) in [6.07, 6.45) is 0. The van der Waals surface area contributed by atoms with Gasteiger partial charge in [0, 0.05) is 31.0 Å². The molecule has 3 aliphatic rings. The number of amides is 2. The second kappa shape index (κ2) is 15.1. The number of halogens is 1. The molecule has 0 aromatic heterocycles. The zero-order valence-corrected chi connectivity index (χ0v) is 29.9. The van der Waals surface area contributed by atoms with Crippen LogP contribution in [0.25, 0.3) is 0 Å². The fraction of sp³-hybridized carbons (Fsp3) is 0.353. The van der Waals surface area contributed by atoms with Gasteiger partial charge in [-0.1, -0.05) is 35.9 Å². The van der Waals surface area contributed by atoms with E-state index in [0.29, 0.717) is 30.2 Å². The van der Waals surface area contributed by atoms with Crippen LogP contribution in [-0.4, -0.2) is 103 Å². The Hall–Kier alpha value is -4.05. The highest BCUT2D eigenvalue weighted by molar-refractivity contribution is 8.20. The number of benzene rings is 3. The number of methoxy groups -OCH3 is 2. The van der Waals surface area contributed by atoms with Crippen molar-refractivity contribution in [2.24, 2.45) is 10.7 Å². The number of likely N-dealkylation sites (tertiary alicyclic amines) is 1. The predicted molar refractivity (Wildman–Crippen MR) is 192 cm³/mol. The highest BCUT2D eigenvalue weighted by Crippen LogP contribution is 2.54. The van der Waals surface area contributed by atoms with Crippen molar-refractivity contribution in [1.29, 1.82) is 0 Å². The van der Waals surface area contributed by atoms with Gasteiger partial charge < -0.3 is 39.1 Å². The van der Waals surface area contributed by atoms with Crippen molar-refractivity contribution in [2.75, 3.05) is 40.9 Å². The fourth-order valence-corrected chi connectivity index (χ4v) is 9.73. The summed E-state index contributed by atoms with van der Waals surface area (Å²) in [5.41, 5.74) is 8.24. The Kier molecular flexibility index (Phi) is 10.8. The van der Waals surface area contributed by atoms with Crippen molar-refractivity contribution in [3.63, 3.8) is 0 Å². The van der Waals surface area contributed by atoms with Crippen LogP contribution >= 0.6 is 35.1 Å². The lowest BCUT2D eigenvalue weighted by Crippen LogP contribution is -2.64. The maximum atomic E-state index is 13.8. The van der Waals surface area contributed by atoms with Gasteiger partial charge in [-0.2, -0.15) is 0 Å². The summed E-state index contributed by atoms with van der Waals surface area (Å²) in [6.45, 7) is 1.19. The molecule has 3 atom stereocenters. The van der Waals surface area contributed by atoms with Gasteiger partial charge >= 0.3 is 14.0 Å². The highest BCUT2D eigenvalue weighted by atomic mass is 35.5. The maximum Gasteiger partial charge on any atom is 0.378 e. The average Bonchev–Trinajstić information content (AvgIpc) is 3.49. The molecule has 6 rings (SSSR count). The van der Waals surface area contributed by atoms with E-state index in [4.69, 9.17) is 44.3 Å². The van der Waals surface area contributed by atoms with Gasteiger partial charge in [0.1, 0.15) is 41.8 Å². The standard InChI is InChI=1S/C34H34BClN4O8S2/c1-38-28(31(42)39-14-23(15-39)49-34(33(43)48-35)18-40-30(41)27(37)32(40)50-34)24-12-13-25(46-16-19-4-8-21(44-2)9-5-19)29(26(24)36)47-17-20-6-10-22(45-3)11-7-20/h4-13,23,27,32H,14-18,37H2,1-3H3/t27-,32?,34-/m1/s1. The van der Waals surface area contributed by atoms with Crippen LogP contribution in [0.2, 0.25) is 5.02 Å². The van der Waals surface area contributed by atoms with E-state index in [-0.39, 0.29) is 58.7 Å². The van der Waals surface area contributed by atoms with Crippen molar-refractivity contribution in [2.45, 2.75) is 34.0 Å². The van der Waals surface area contributed by atoms with Crippen LogP contribution in [0.5, 0.6) is 23.0 Å². The zero-order chi connectivity index (χ0) is 35.6. The summed E-state index contributed by atoms with van der Waals surface area (Å²) in [4.78, 5) is 46.3. The topological polar surface area (TPSA) is 142 Å². The molecular formula is C34H34BClN4O8S2. The molecule has 0 aliphatic carbocycles. The minimum atomic E-state index is -1.13. The van der Waals surface area contributed by atoms with E-state index in [9.17, 15) is 14.4 Å². The summed E-state index contributed by atoms with van der Waals surface area (Å²) in [5.74, 6) is 0.893. The number of carbonyl (C=O) groups excluding carboxylic acids is 3. The molecule has 3 heterocycles. The minimum Gasteiger partial charge on any atom is -0.542 e. The van der Waals surface area contributed by atoms with Crippen LogP contribution in [-0.2, 0) is 32.3 Å². The SMILES string of the molecule is [B]OC(=O)[C@@]1(SC2CN(C(=O)C(=NC)c3ccc(OCc4ccc(OC)cc4)c(OCc4ccc(OC)cc4)c3Cl)C2)CN2C(=O)[C@@H](N)C2S1. The Labute approximate surface area is 304 Å². The average molecular weight is 737 g/mol. The van der Waals surface area contributed by atoms with Crippen molar-refractivity contribution in [3.8, 4) is 23.0 Å². The number of aliphatic imine (C=N–C) groups is 1. The number of ether oxygens (including phenoxy) is 4. The van der Waals surface area contributed by atoms with Gasteiger partial charge in [-0.05, 0) is 47.5 Å². The van der Waals surface area contributed by atoms with Crippen LogP contribution in [0.15, 0.2) is 65.7 Å². The van der Waals surface area contributed by atoms with Crippen molar-refractivity contribution >= 4 is 66.7 Å². The number of fused-ring (bicyclic) bond motifs is 1. The number of hydrogen-bond donors (Lipinski definition) is 1. The molecule has 0 spiro atoms. The van der Waals surface area contributed by atoms with Crippen LogP contribution in [0.1, 0.15) is 16.7 Å². The Bertz CT molecular complexity index is 1790. The van der Waals surface area contributed by atoms with E-state index in [1.807, 2.05) is 48.5 Å². The smallest absolute Gasteiger partial charge is 0.378 e. The first-order chi connectivity index (χ1) is 24.1. The number of carbonyl (C=O) groups is 3. The third-order valence-corrected chi connectivity index (χ3v) is 12.3. The lowest BCUT2D eigenvalue weighted by molar-refractivity contribution is -0.144. The number of β-lactam (4-membered cyclic amide) rings is 1. The van der Waals surface area contributed by atoms with Crippen molar-refractivity contribution in [1.82, 2.24) is 9.80 Å². The summed E-state index contributed by atoms with van der Waals surface area (Å²) in [6, 6.07) is 17.6. The molecular weight excluding hydrogens is 703 g/mol. The highest BCUT2D eigenvalue weighted by Gasteiger charge is 2.62. The molecule has 0 bridgehead atoms. The Morgan fingerprint density at radius 2 is 1.60 bits per heavy atom. The van der Waals surface area contributed by atoms with E-state index in [2.05, 4.69) is 9.65 Å². The molecule has 2 radical (unpaired) electrons. The molecule has 2 amide bonds. The second-order valence-corrected chi connectivity index (χ2v) is 15.4. The lowest BCUT2D eigenvalue weighted by Gasteiger charge is -2.42. The van der Waals surface area contributed by atoms with E-state index in [1.54, 1.807) is 36.2 Å². The molecule has 1 unspecified atom stereocenters. The van der Waals surface area contributed by atoms with Gasteiger partial charge in [0.25, 0.3) is 5.91 Å². The molecule has 12 nitrogen and oxygen atoms in total. The van der Waals surface area contributed by atoms with Gasteiger partial charge in [-0.15, -0.1) is 23.5 Å². The quantitative estimate of drug-likeness (QED) is 0.157. The van der Waals surface area contributed by atoms with Gasteiger partial charge in [-0.25, -0.2) is 0 Å². The van der Waals surface area contributed by atoms with Gasteiger partial charge in [0.2, 0.25) is 5.91 Å². The van der Waals surface area contributed by atoms with Crippen LogP contribution < -0.4 is 24.7 Å². The normalized spacial score (nSPS) is 21.5. The number of thioether (sulfide) groups is 2. The molecule has 3 aromatic rings. The van der Waals surface area contributed by atoms with Gasteiger partial charge in [0.05, 0.1) is 25.8 Å². The molecule has 3 saturated heterocycles. The third-order valence-electron chi connectivity index (χ3n) is 8.62. The predicted octanol–water partition coefficient (Wildman–Crippen LogP) is 3.44. The summed E-state index contributed by atoms with van der Waals surface area (Å²) >= 11 is 9.59. The van der Waals surface area contributed by atoms with E-state index < -0.39 is 16.1 Å². The summed E-state index contributed by atoms with van der Waals surface area (Å²) < 4.78 is 26.4. The summed E-state index contributed by atoms with van der Waals surface area (Å²) in [7, 11) is 10.0. The van der Waals surface area contributed by atoms with Crippen molar-refractivity contribution < 1.29 is 38.0 Å². The molecule has 2 N–H and O–H groups in total. The zero-order valence-electron chi connectivity index (χ0n) is 27.5. The molecule has 3 aromatic carbocycles. The number of nitrogens with two attached hydrogens (primary N) is 1. The molecule has 260 valence electrons. The largest absolute Gasteiger partial charge is 0.542 e. The van der Waals surface area contributed by atoms with E-state index in [1.165, 1.54) is 30.6 Å². The molecule has 16 heteroatoms. The molecule has 50 heavy (non-hydrogen) atoms. The Morgan fingerprint density at radius 3 is 2.14 bits per heavy atom. The Morgan fingerprint density at radius 1 is 1.00 bits per heavy atom. The molecule has 0 saturated carbocycles. The van der Waals surface area contributed by atoms with E-state index >= 15 is 0 Å². The van der Waals surface area contributed by atoms with Crippen LogP contribution in [0.4, 0.5) is 0 Å². The Balaban J connectivity index is 1.18. The third kappa shape index (κ3) is 6.96. The molecule has 3 fully saturated rings. The fourth-order valence-electron chi connectivity index (χ4n) is 5.79. The maximum absolute atomic E-state index is 13.8. The first-order valence-electron chi connectivity index (χ1n) is 15.5. The number of nitrogens with zero attached hydrogens (tertiary/aromatic N) is 3. The number of rotatable bonds is 13. The van der Waals surface area contributed by atoms with E-state index in [0.717, 1.165) is 16.9 Å². The van der Waals surface area contributed by atoms with Gasteiger partial charge in [0.15, 0.2) is 15.6 Å². The van der Waals surface area contributed by atoms with Crippen LogP contribution in [0, 0.1) is 0 Å².